The maximum absolute atomic E-state index is 14.0. The molecule has 3 aromatic rings. The highest BCUT2D eigenvalue weighted by atomic mass is 16.3. The first-order chi connectivity index (χ1) is 18.8. The van der Waals surface area contributed by atoms with E-state index >= 15 is 0 Å². The molecule has 0 aliphatic heterocycles. The Kier molecular flexibility index (Phi) is 8.31. The van der Waals surface area contributed by atoms with Crippen molar-refractivity contribution in [2.45, 2.75) is 72.3 Å². The predicted octanol–water partition coefficient (Wildman–Crippen LogP) is 6.36. The molecule has 40 heavy (non-hydrogen) atoms. The minimum atomic E-state index is -1.66. The van der Waals surface area contributed by atoms with Gasteiger partial charge in [0.1, 0.15) is 11.7 Å². The number of benzene rings is 3. The van der Waals surface area contributed by atoms with Crippen LogP contribution in [0.1, 0.15) is 72.4 Å². The Balaban J connectivity index is 1.81. The first-order valence-electron chi connectivity index (χ1n) is 13.9. The quantitative estimate of drug-likeness (QED) is 0.317. The molecule has 3 aromatic carbocycles. The second-order valence-corrected chi connectivity index (χ2v) is 11.8. The highest BCUT2D eigenvalue weighted by molar-refractivity contribution is 6.10. The summed E-state index contributed by atoms with van der Waals surface area (Å²) in [6.45, 7) is 13.5. The fraction of sp³-hybridized carbons (Fsp3) is 0.382. The molecule has 2 amide bonds. The van der Waals surface area contributed by atoms with Crippen LogP contribution >= 0.6 is 0 Å². The lowest BCUT2D eigenvalue weighted by Crippen LogP contribution is -2.56. The lowest BCUT2D eigenvalue weighted by molar-refractivity contribution is -0.150. The van der Waals surface area contributed by atoms with Crippen molar-refractivity contribution < 1.29 is 19.5 Å². The Labute approximate surface area is 237 Å². The third-order valence-electron chi connectivity index (χ3n) is 8.55. The Morgan fingerprint density at radius 2 is 1.32 bits per heavy atom. The number of amides is 2. The van der Waals surface area contributed by atoms with Gasteiger partial charge in [-0.1, -0.05) is 62.4 Å². The SMILES string of the molecule is Cc1cccc(NC(=O)C2C(=O)CC(C)(O)C(C(=O)Nc3cccc(C)c3C)C2c2ccc(C(C)C)cc2)c1C. The number of aliphatic hydroxyl groups is 1. The number of aryl methyl sites for hydroxylation is 2. The van der Waals surface area contributed by atoms with Crippen LogP contribution in [0.5, 0.6) is 0 Å². The van der Waals surface area contributed by atoms with E-state index in [-0.39, 0.29) is 18.1 Å². The van der Waals surface area contributed by atoms with Gasteiger partial charge in [0.15, 0.2) is 0 Å². The van der Waals surface area contributed by atoms with E-state index < -0.39 is 35.2 Å². The maximum atomic E-state index is 14.0. The molecule has 1 aliphatic carbocycles. The van der Waals surface area contributed by atoms with Crippen molar-refractivity contribution in [2.24, 2.45) is 11.8 Å². The van der Waals surface area contributed by atoms with Crippen LogP contribution in [-0.2, 0) is 14.4 Å². The highest BCUT2D eigenvalue weighted by Gasteiger charge is 2.56. The highest BCUT2D eigenvalue weighted by Crippen LogP contribution is 2.47. The molecule has 4 unspecified atom stereocenters. The average Bonchev–Trinajstić information content (AvgIpc) is 2.88. The normalized spacial score (nSPS) is 22.7. The molecule has 0 aromatic heterocycles. The maximum Gasteiger partial charge on any atom is 0.235 e. The molecular formula is C34H40N2O4. The molecule has 0 spiro atoms. The number of carbonyl (C=O) groups is 3. The van der Waals surface area contributed by atoms with E-state index in [1.807, 2.05) is 82.3 Å². The molecule has 1 saturated carbocycles. The number of hydrogen-bond acceptors (Lipinski definition) is 4. The van der Waals surface area contributed by atoms with Gasteiger partial charge in [-0.25, -0.2) is 0 Å². The van der Waals surface area contributed by atoms with Gasteiger partial charge in [0.05, 0.1) is 11.5 Å². The lowest BCUT2D eigenvalue weighted by atomic mass is 9.61. The van der Waals surface area contributed by atoms with E-state index in [1.165, 1.54) is 6.92 Å². The van der Waals surface area contributed by atoms with Gasteiger partial charge in [-0.15, -0.1) is 0 Å². The van der Waals surface area contributed by atoms with E-state index in [4.69, 9.17) is 0 Å². The number of hydrogen-bond donors (Lipinski definition) is 3. The number of ketones is 1. The van der Waals surface area contributed by atoms with Gasteiger partial charge in [0.25, 0.3) is 0 Å². The predicted molar refractivity (Wildman–Crippen MR) is 160 cm³/mol. The summed E-state index contributed by atoms with van der Waals surface area (Å²) < 4.78 is 0. The largest absolute Gasteiger partial charge is 0.389 e. The van der Waals surface area contributed by atoms with Crippen molar-refractivity contribution in [3.8, 4) is 0 Å². The molecule has 1 aliphatic rings. The van der Waals surface area contributed by atoms with Crippen molar-refractivity contribution in [1.29, 1.82) is 0 Å². The summed E-state index contributed by atoms with van der Waals surface area (Å²) >= 11 is 0. The Bertz CT molecular complexity index is 1440. The molecular weight excluding hydrogens is 500 g/mol. The second-order valence-electron chi connectivity index (χ2n) is 11.8. The zero-order valence-electron chi connectivity index (χ0n) is 24.5. The molecule has 6 heteroatoms. The first kappa shape index (κ1) is 29.2. The second kappa shape index (κ2) is 11.4. The summed E-state index contributed by atoms with van der Waals surface area (Å²) in [4.78, 5) is 41.5. The van der Waals surface area contributed by atoms with Crippen LogP contribution in [0.3, 0.4) is 0 Å². The summed E-state index contributed by atoms with van der Waals surface area (Å²) in [6.07, 6.45) is -0.302. The molecule has 6 nitrogen and oxygen atoms in total. The van der Waals surface area contributed by atoms with E-state index in [9.17, 15) is 19.5 Å². The van der Waals surface area contributed by atoms with E-state index in [0.29, 0.717) is 16.9 Å². The number of anilines is 2. The molecule has 1 fully saturated rings. The molecule has 4 rings (SSSR count). The average molecular weight is 541 g/mol. The lowest BCUT2D eigenvalue weighted by Gasteiger charge is -2.44. The third kappa shape index (κ3) is 5.73. The van der Waals surface area contributed by atoms with Gasteiger partial charge < -0.3 is 15.7 Å². The van der Waals surface area contributed by atoms with Gasteiger partial charge in [0, 0.05) is 23.7 Å². The Morgan fingerprint density at radius 3 is 1.82 bits per heavy atom. The monoisotopic (exact) mass is 540 g/mol. The van der Waals surface area contributed by atoms with Gasteiger partial charge in [-0.05, 0) is 86.1 Å². The first-order valence-corrected chi connectivity index (χ1v) is 13.9. The summed E-state index contributed by atoms with van der Waals surface area (Å²) in [5, 5.41) is 17.6. The number of Topliss-reactive ketones (excluding diaryl/α,β-unsaturated/α-hetero) is 1. The number of nitrogens with one attached hydrogen (secondary N) is 2. The summed E-state index contributed by atoms with van der Waals surface area (Å²) in [5.41, 5.74) is 5.25. The minimum absolute atomic E-state index is 0.289. The molecule has 3 N–H and O–H groups in total. The molecule has 0 saturated heterocycles. The zero-order chi connectivity index (χ0) is 29.4. The molecule has 0 bridgehead atoms. The third-order valence-corrected chi connectivity index (χ3v) is 8.55. The van der Waals surface area contributed by atoms with Crippen molar-refractivity contribution >= 4 is 29.0 Å². The van der Waals surface area contributed by atoms with Crippen LogP contribution in [0.15, 0.2) is 60.7 Å². The smallest absolute Gasteiger partial charge is 0.235 e. The molecule has 4 atom stereocenters. The fourth-order valence-corrected chi connectivity index (χ4v) is 5.79. The minimum Gasteiger partial charge on any atom is -0.389 e. The van der Waals surface area contributed by atoms with Gasteiger partial charge in [0.2, 0.25) is 11.8 Å². The van der Waals surface area contributed by atoms with Crippen LogP contribution in [0.25, 0.3) is 0 Å². The van der Waals surface area contributed by atoms with Crippen molar-refractivity contribution in [3.63, 3.8) is 0 Å². The summed E-state index contributed by atoms with van der Waals surface area (Å²) in [7, 11) is 0. The van der Waals surface area contributed by atoms with Gasteiger partial charge >= 0.3 is 0 Å². The Hall–Kier alpha value is -3.77. The summed E-state index contributed by atoms with van der Waals surface area (Å²) in [5.74, 6) is -4.07. The molecule has 0 radical (unpaired) electrons. The topological polar surface area (TPSA) is 95.5 Å². The van der Waals surface area contributed by atoms with E-state index in [2.05, 4.69) is 24.5 Å². The van der Waals surface area contributed by atoms with Crippen molar-refractivity contribution in [1.82, 2.24) is 0 Å². The van der Waals surface area contributed by atoms with Crippen LogP contribution < -0.4 is 10.6 Å². The number of rotatable bonds is 6. The van der Waals surface area contributed by atoms with E-state index in [0.717, 1.165) is 27.8 Å². The number of carbonyl (C=O) groups excluding carboxylic acids is 3. The van der Waals surface area contributed by atoms with Gasteiger partial charge in [-0.3, -0.25) is 14.4 Å². The summed E-state index contributed by atoms with van der Waals surface area (Å²) in [6, 6.07) is 19.0. The van der Waals surface area contributed by atoms with Gasteiger partial charge in [-0.2, -0.15) is 0 Å². The zero-order valence-corrected chi connectivity index (χ0v) is 24.5. The van der Waals surface area contributed by atoms with Crippen LogP contribution in [0.4, 0.5) is 11.4 Å². The molecule has 210 valence electrons. The fourth-order valence-electron chi connectivity index (χ4n) is 5.79. The van der Waals surface area contributed by atoms with Crippen LogP contribution in [-0.4, -0.2) is 28.3 Å². The van der Waals surface area contributed by atoms with E-state index in [1.54, 1.807) is 6.07 Å². The standard InChI is InChI=1S/C34H40N2O4/c1-19(2)24-14-16-25(17-15-24)29-30(32(38)35-26-12-8-10-20(3)22(26)5)28(37)18-34(7,40)31(29)33(39)36-27-13-9-11-21(4)23(27)6/h8-17,19,29-31,40H,18H2,1-7H3,(H,35,38)(H,36,39). The van der Waals surface area contributed by atoms with Crippen LogP contribution in [0, 0.1) is 39.5 Å². The van der Waals surface area contributed by atoms with Crippen LogP contribution in [0.2, 0.25) is 0 Å². The van der Waals surface area contributed by atoms with Crippen molar-refractivity contribution in [3.05, 3.63) is 94.0 Å². The van der Waals surface area contributed by atoms with Crippen molar-refractivity contribution in [2.75, 3.05) is 10.6 Å². The Morgan fingerprint density at radius 1 is 0.825 bits per heavy atom. The molecule has 0 heterocycles.